The van der Waals surface area contributed by atoms with Crippen molar-refractivity contribution in [1.82, 2.24) is 5.32 Å². The Kier molecular flexibility index (Phi) is 5.84. The second-order valence-corrected chi connectivity index (χ2v) is 5.02. The average molecular weight is 327 g/mol. The molecule has 2 aromatic rings. The zero-order valence-electron chi connectivity index (χ0n) is 13.5. The van der Waals surface area contributed by atoms with E-state index in [-0.39, 0.29) is 18.1 Å². The molecular weight excluding hydrogens is 309 g/mol. The van der Waals surface area contributed by atoms with Crippen molar-refractivity contribution >= 4 is 23.1 Å². The maximum absolute atomic E-state index is 13.2. The molecule has 0 unspecified atom stereocenters. The first-order chi connectivity index (χ1) is 11.5. The molecule has 124 valence electrons. The molecule has 0 saturated carbocycles. The fourth-order valence-electron chi connectivity index (χ4n) is 2.24. The summed E-state index contributed by atoms with van der Waals surface area (Å²) in [6.45, 7) is 3.24. The maximum Gasteiger partial charge on any atom is 0.340 e. The Bertz CT molecular complexity index is 752. The van der Waals surface area contributed by atoms with E-state index in [2.05, 4.69) is 5.32 Å². The van der Waals surface area contributed by atoms with Crippen molar-refractivity contribution in [3.63, 3.8) is 0 Å². The van der Waals surface area contributed by atoms with Gasteiger partial charge in [0, 0.05) is 6.92 Å². The number of hydrogen-bond donors (Lipinski definition) is 1. The van der Waals surface area contributed by atoms with Crippen molar-refractivity contribution in [2.24, 2.45) is 0 Å². The molecule has 0 atom stereocenters. The van der Waals surface area contributed by atoms with Gasteiger partial charge in [0.25, 0.3) is 0 Å². The molecule has 0 aromatic heterocycles. The second-order valence-electron chi connectivity index (χ2n) is 5.02. The van der Waals surface area contributed by atoms with E-state index in [0.29, 0.717) is 16.8 Å². The summed E-state index contributed by atoms with van der Waals surface area (Å²) in [4.78, 5) is 24.1. The Balaban J connectivity index is 2.69. The maximum atomic E-state index is 13.2. The van der Waals surface area contributed by atoms with Crippen molar-refractivity contribution in [3.05, 3.63) is 71.5 Å². The van der Waals surface area contributed by atoms with E-state index in [1.165, 1.54) is 31.2 Å². The Morgan fingerprint density at radius 2 is 1.62 bits per heavy atom. The van der Waals surface area contributed by atoms with Crippen molar-refractivity contribution in [2.45, 2.75) is 13.8 Å². The van der Waals surface area contributed by atoms with Crippen LogP contribution in [-0.4, -0.2) is 18.5 Å². The van der Waals surface area contributed by atoms with E-state index in [1.54, 1.807) is 31.2 Å². The number of halogens is 1. The summed E-state index contributed by atoms with van der Waals surface area (Å²) < 4.78 is 18.4. The molecule has 0 aliphatic heterocycles. The quantitative estimate of drug-likeness (QED) is 0.520. The first-order valence-corrected chi connectivity index (χ1v) is 7.53. The molecule has 0 radical (unpaired) electrons. The van der Waals surface area contributed by atoms with Gasteiger partial charge in [0.2, 0.25) is 5.91 Å². The van der Waals surface area contributed by atoms with Crippen LogP contribution in [0.5, 0.6) is 0 Å². The lowest BCUT2D eigenvalue weighted by Crippen LogP contribution is -2.22. The largest absolute Gasteiger partial charge is 0.462 e. The lowest BCUT2D eigenvalue weighted by molar-refractivity contribution is -0.136. The molecule has 0 saturated heterocycles. The van der Waals surface area contributed by atoms with Gasteiger partial charge in [-0.25, -0.2) is 9.18 Å². The number of nitrogens with one attached hydrogen (secondary N) is 1. The van der Waals surface area contributed by atoms with Crippen LogP contribution in [0.2, 0.25) is 0 Å². The first kappa shape index (κ1) is 17.4. The highest BCUT2D eigenvalue weighted by Crippen LogP contribution is 2.26. The molecule has 0 fully saturated rings. The Morgan fingerprint density at radius 3 is 2.17 bits per heavy atom. The summed E-state index contributed by atoms with van der Waals surface area (Å²) in [6, 6.07) is 14.4. The second kappa shape index (κ2) is 8.06. The number of benzene rings is 2. The van der Waals surface area contributed by atoms with E-state index in [4.69, 9.17) is 4.74 Å². The van der Waals surface area contributed by atoms with Gasteiger partial charge in [-0.3, -0.25) is 4.79 Å². The SMILES string of the molecule is CCOC(=O)/C(=C(\NC(C)=O)c1ccccc1)c1ccc(F)cc1. The summed E-state index contributed by atoms with van der Waals surface area (Å²) >= 11 is 0. The van der Waals surface area contributed by atoms with Gasteiger partial charge in [0.05, 0.1) is 17.9 Å². The van der Waals surface area contributed by atoms with Gasteiger partial charge in [-0.2, -0.15) is 0 Å². The van der Waals surface area contributed by atoms with Crippen LogP contribution in [0.15, 0.2) is 54.6 Å². The molecule has 0 heterocycles. The fourth-order valence-corrected chi connectivity index (χ4v) is 2.24. The Labute approximate surface area is 140 Å². The number of amides is 1. The van der Waals surface area contributed by atoms with Crippen LogP contribution in [-0.2, 0) is 14.3 Å². The standard InChI is InChI=1S/C19H18FNO3/c1-3-24-19(23)17(14-9-11-16(20)12-10-14)18(21-13(2)22)15-7-5-4-6-8-15/h4-12H,3H2,1-2H3,(H,21,22)/b18-17-. The minimum Gasteiger partial charge on any atom is -0.462 e. The third-order valence-corrected chi connectivity index (χ3v) is 3.23. The van der Waals surface area contributed by atoms with E-state index in [1.807, 2.05) is 6.07 Å². The van der Waals surface area contributed by atoms with Gasteiger partial charge in [0.15, 0.2) is 0 Å². The number of rotatable bonds is 5. The molecule has 5 heteroatoms. The van der Waals surface area contributed by atoms with Crippen molar-refractivity contribution in [1.29, 1.82) is 0 Å². The van der Waals surface area contributed by atoms with E-state index in [0.717, 1.165) is 0 Å². The predicted octanol–water partition coefficient (Wildman–Crippen LogP) is 3.39. The van der Waals surface area contributed by atoms with E-state index in [9.17, 15) is 14.0 Å². The van der Waals surface area contributed by atoms with Gasteiger partial charge in [0.1, 0.15) is 5.82 Å². The normalized spacial score (nSPS) is 11.5. The van der Waals surface area contributed by atoms with Crippen LogP contribution in [0.4, 0.5) is 4.39 Å². The number of carbonyl (C=O) groups is 2. The molecule has 1 amide bonds. The van der Waals surface area contributed by atoms with Gasteiger partial charge >= 0.3 is 5.97 Å². The minimum absolute atomic E-state index is 0.179. The summed E-state index contributed by atoms with van der Waals surface area (Å²) in [6.07, 6.45) is 0. The van der Waals surface area contributed by atoms with Crippen molar-refractivity contribution in [3.8, 4) is 0 Å². The van der Waals surface area contributed by atoms with Crippen LogP contribution >= 0.6 is 0 Å². The number of carbonyl (C=O) groups excluding carboxylic acids is 2. The summed E-state index contributed by atoms with van der Waals surface area (Å²) in [5.74, 6) is -1.32. The molecule has 4 nitrogen and oxygen atoms in total. The zero-order valence-corrected chi connectivity index (χ0v) is 13.5. The molecule has 0 spiro atoms. The van der Waals surface area contributed by atoms with Crippen LogP contribution in [0.25, 0.3) is 11.3 Å². The topological polar surface area (TPSA) is 55.4 Å². The molecule has 0 bridgehead atoms. The predicted molar refractivity (Wildman–Crippen MR) is 90.1 cm³/mol. The third kappa shape index (κ3) is 4.29. The van der Waals surface area contributed by atoms with Crippen LogP contribution in [0.3, 0.4) is 0 Å². The average Bonchev–Trinajstić information content (AvgIpc) is 2.57. The van der Waals surface area contributed by atoms with Crippen LogP contribution < -0.4 is 5.32 Å². The molecule has 0 aliphatic rings. The summed E-state index contributed by atoms with van der Waals surface area (Å²) in [5.41, 5.74) is 1.62. The molecular formula is C19H18FNO3. The Hall–Kier alpha value is -2.95. The van der Waals surface area contributed by atoms with Gasteiger partial charge in [-0.15, -0.1) is 0 Å². The van der Waals surface area contributed by atoms with Crippen molar-refractivity contribution in [2.75, 3.05) is 6.61 Å². The summed E-state index contributed by atoms with van der Waals surface area (Å²) in [7, 11) is 0. The van der Waals surface area contributed by atoms with E-state index < -0.39 is 11.8 Å². The smallest absolute Gasteiger partial charge is 0.340 e. The fraction of sp³-hybridized carbons (Fsp3) is 0.158. The molecule has 1 N–H and O–H groups in total. The zero-order chi connectivity index (χ0) is 17.5. The molecule has 0 aliphatic carbocycles. The number of esters is 1. The number of hydrogen-bond acceptors (Lipinski definition) is 3. The minimum atomic E-state index is -0.586. The monoisotopic (exact) mass is 327 g/mol. The van der Waals surface area contributed by atoms with Crippen molar-refractivity contribution < 1.29 is 18.7 Å². The highest BCUT2D eigenvalue weighted by molar-refractivity contribution is 6.25. The lowest BCUT2D eigenvalue weighted by Gasteiger charge is -2.16. The summed E-state index contributed by atoms with van der Waals surface area (Å²) in [5, 5.41) is 2.69. The van der Waals surface area contributed by atoms with Gasteiger partial charge in [-0.05, 0) is 30.2 Å². The van der Waals surface area contributed by atoms with Gasteiger partial charge in [-0.1, -0.05) is 42.5 Å². The highest BCUT2D eigenvalue weighted by atomic mass is 19.1. The highest BCUT2D eigenvalue weighted by Gasteiger charge is 2.21. The number of ether oxygens (including phenoxy) is 1. The van der Waals surface area contributed by atoms with Gasteiger partial charge < -0.3 is 10.1 Å². The van der Waals surface area contributed by atoms with E-state index >= 15 is 0 Å². The van der Waals surface area contributed by atoms with Crippen LogP contribution in [0.1, 0.15) is 25.0 Å². The molecule has 2 rings (SSSR count). The molecule has 24 heavy (non-hydrogen) atoms. The Morgan fingerprint density at radius 1 is 1.00 bits per heavy atom. The van der Waals surface area contributed by atoms with Crippen LogP contribution in [0, 0.1) is 5.82 Å². The third-order valence-electron chi connectivity index (χ3n) is 3.23. The molecule has 2 aromatic carbocycles. The first-order valence-electron chi connectivity index (χ1n) is 7.53. The lowest BCUT2D eigenvalue weighted by atomic mass is 9.99.